The number of carboxylic acid groups (broad SMARTS) is 1. The molecule has 1 aromatic heterocycles. The molecule has 1 saturated carbocycles. The first-order valence-corrected chi connectivity index (χ1v) is 7.92. The quantitative estimate of drug-likeness (QED) is 0.870. The zero-order valence-electron chi connectivity index (χ0n) is 13.8. The van der Waals surface area contributed by atoms with Crippen molar-refractivity contribution in [3.63, 3.8) is 0 Å². The molecule has 138 valence electrons. The van der Waals surface area contributed by atoms with Gasteiger partial charge in [-0.1, -0.05) is 0 Å². The number of carboxylic acids is 1. The molecule has 1 aliphatic carbocycles. The van der Waals surface area contributed by atoms with Gasteiger partial charge < -0.3 is 10.4 Å². The SMILES string of the molecule is Cc1c(C(=O)NC2(C(=O)O)CCC2)cnn1-c1ccc(C(F)(F)F)cc1. The van der Waals surface area contributed by atoms with Crippen LogP contribution in [0.3, 0.4) is 0 Å². The van der Waals surface area contributed by atoms with Crippen molar-refractivity contribution in [3.05, 3.63) is 47.3 Å². The molecule has 0 spiro atoms. The Morgan fingerprint density at radius 2 is 1.85 bits per heavy atom. The monoisotopic (exact) mass is 367 g/mol. The molecule has 0 aliphatic heterocycles. The summed E-state index contributed by atoms with van der Waals surface area (Å²) in [5.74, 6) is -1.65. The van der Waals surface area contributed by atoms with Crippen LogP contribution in [0.25, 0.3) is 5.69 Å². The number of aliphatic carboxylic acids is 1. The maximum absolute atomic E-state index is 12.6. The van der Waals surface area contributed by atoms with Crippen LogP contribution in [-0.2, 0) is 11.0 Å². The second-order valence-corrected chi connectivity index (χ2v) is 6.30. The summed E-state index contributed by atoms with van der Waals surface area (Å²) >= 11 is 0. The molecule has 6 nitrogen and oxygen atoms in total. The van der Waals surface area contributed by atoms with Crippen molar-refractivity contribution in [1.82, 2.24) is 15.1 Å². The van der Waals surface area contributed by atoms with Crippen LogP contribution < -0.4 is 5.32 Å². The van der Waals surface area contributed by atoms with Crippen LogP contribution in [-0.4, -0.2) is 32.3 Å². The van der Waals surface area contributed by atoms with Crippen LogP contribution in [0.5, 0.6) is 0 Å². The van der Waals surface area contributed by atoms with Crippen LogP contribution in [0.4, 0.5) is 13.2 Å². The maximum Gasteiger partial charge on any atom is 0.416 e. The van der Waals surface area contributed by atoms with Crippen LogP contribution in [0.1, 0.15) is 40.9 Å². The van der Waals surface area contributed by atoms with Gasteiger partial charge in [0, 0.05) is 0 Å². The number of nitrogens with zero attached hydrogens (tertiary/aromatic N) is 2. The minimum Gasteiger partial charge on any atom is -0.480 e. The molecule has 1 fully saturated rings. The Bertz CT molecular complexity index is 852. The molecule has 9 heteroatoms. The molecule has 1 aliphatic rings. The highest BCUT2D eigenvalue weighted by atomic mass is 19.4. The van der Waals surface area contributed by atoms with E-state index < -0.39 is 29.2 Å². The summed E-state index contributed by atoms with van der Waals surface area (Å²) in [4.78, 5) is 23.8. The Morgan fingerprint density at radius 1 is 1.23 bits per heavy atom. The Kier molecular flexibility index (Phi) is 4.25. The molecule has 0 atom stereocenters. The third-order valence-electron chi connectivity index (χ3n) is 4.66. The number of carbonyl (C=O) groups excluding carboxylic acids is 1. The molecule has 1 aromatic carbocycles. The fourth-order valence-electron chi connectivity index (χ4n) is 2.89. The largest absolute Gasteiger partial charge is 0.480 e. The molecule has 0 radical (unpaired) electrons. The van der Waals surface area contributed by atoms with Crippen molar-refractivity contribution < 1.29 is 27.9 Å². The Morgan fingerprint density at radius 3 is 2.31 bits per heavy atom. The van der Waals surface area contributed by atoms with Crippen LogP contribution in [0, 0.1) is 6.92 Å². The van der Waals surface area contributed by atoms with E-state index in [2.05, 4.69) is 10.4 Å². The van der Waals surface area contributed by atoms with E-state index in [0.29, 0.717) is 24.2 Å². The van der Waals surface area contributed by atoms with E-state index in [-0.39, 0.29) is 5.56 Å². The summed E-state index contributed by atoms with van der Waals surface area (Å²) in [7, 11) is 0. The second-order valence-electron chi connectivity index (χ2n) is 6.30. The zero-order valence-corrected chi connectivity index (χ0v) is 13.8. The molecule has 0 unspecified atom stereocenters. The van der Waals surface area contributed by atoms with Gasteiger partial charge in [-0.05, 0) is 50.5 Å². The summed E-state index contributed by atoms with van der Waals surface area (Å²) in [6.45, 7) is 1.59. The number of rotatable bonds is 4. The van der Waals surface area contributed by atoms with Gasteiger partial charge >= 0.3 is 12.1 Å². The van der Waals surface area contributed by atoms with Crippen LogP contribution >= 0.6 is 0 Å². The molecule has 2 aromatic rings. The summed E-state index contributed by atoms with van der Waals surface area (Å²) in [6, 6.07) is 4.39. The zero-order chi connectivity index (χ0) is 19.1. The Labute approximate surface area is 146 Å². The lowest BCUT2D eigenvalue weighted by Crippen LogP contribution is -2.59. The molecular weight excluding hydrogens is 351 g/mol. The lowest BCUT2D eigenvalue weighted by molar-refractivity contribution is -0.148. The number of halogens is 3. The third kappa shape index (κ3) is 3.04. The third-order valence-corrected chi connectivity index (χ3v) is 4.66. The van der Waals surface area contributed by atoms with Gasteiger partial charge in [0.05, 0.1) is 28.7 Å². The first-order chi connectivity index (χ1) is 12.1. The molecule has 2 N–H and O–H groups in total. The van der Waals surface area contributed by atoms with E-state index >= 15 is 0 Å². The molecular formula is C17H16F3N3O3. The second kappa shape index (κ2) is 6.15. The number of hydrogen-bond acceptors (Lipinski definition) is 3. The summed E-state index contributed by atoms with van der Waals surface area (Å²) in [6.07, 6.45) is -1.72. The van der Waals surface area contributed by atoms with Gasteiger partial charge in [-0.2, -0.15) is 18.3 Å². The molecule has 1 heterocycles. The Hall–Kier alpha value is -2.84. The first kappa shape index (κ1) is 18.0. The normalized spacial score (nSPS) is 16.0. The smallest absolute Gasteiger partial charge is 0.416 e. The van der Waals surface area contributed by atoms with Gasteiger partial charge in [0.1, 0.15) is 5.54 Å². The number of alkyl halides is 3. The van der Waals surface area contributed by atoms with Crippen LogP contribution in [0.15, 0.2) is 30.5 Å². The average molecular weight is 367 g/mol. The predicted octanol–water partition coefficient (Wildman–Crippen LogP) is 2.94. The van der Waals surface area contributed by atoms with Crippen molar-refractivity contribution in [2.24, 2.45) is 0 Å². The highest BCUT2D eigenvalue weighted by molar-refractivity contribution is 5.99. The number of aromatic nitrogens is 2. The van der Waals surface area contributed by atoms with E-state index in [1.165, 1.54) is 23.0 Å². The van der Waals surface area contributed by atoms with Gasteiger partial charge in [-0.15, -0.1) is 0 Å². The van der Waals surface area contributed by atoms with Crippen molar-refractivity contribution in [1.29, 1.82) is 0 Å². The van der Waals surface area contributed by atoms with Gasteiger partial charge in [0.15, 0.2) is 0 Å². The fraction of sp³-hybridized carbons (Fsp3) is 0.353. The number of carbonyl (C=O) groups is 2. The highest BCUT2D eigenvalue weighted by Gasteiger charge is 2.46. The molecule has 3 rings (SSSR count). The topological polar surface area (TPSA) is 84.2 Å². The van der Waals surface area contributed by atoms with Crippen molar-refractivity contribution in [3.8, 4) is 5.69 Å². The van der Waals surface area contributed by atoms with E-state index in [9.17, 15) is 27.9 Å². The number of hydrogen-bond donors (Lipinski definition) is 2. The summed E-state index contributed by atoms with van der Waals surface area (Å²) in [5, 5.41) is 15.9. The van der Waals surface area contributed by atoms with Crippen molar-refractivity contribution in [2.75, 3.05) is 0 Å². The molecule has 1 amide bonds. The lowest BCUT2D eigenvalue weighted by Gasteiger charge is -2.38. The maximum atomic E-state index is 12.6. The van der Waals surface area contributed by atoms with Gasteiger partial charge in [-0.3, -0.25) is 4.79 Å². The van der Waals surface area contributed by atoms with E-state index in [1.807, 2.05) is 0 Å². The molecule has 0 bridgehead atoms. The average Bonchev–Trinajstić information content (AvgIpc) is 2.91. The highest BCUT2D eigenvalue weighted by Crippen LogP contribution is 2.33. The predicted molar refractivity (Wildman–Crippen MR) is 85.0 cm³/mol. The minimum atomic E-state index is -4.43. The van der Waals surface area contributed by atoms with Gasteiger partial charge in [0.2, 0.25) is 0 Å². The molecule has 26 heavy (non-hydrogen) atoms. The van der Waals surface area contributed by atoms with E-state index in [1.54, 1.807) is 6.92 Å². The first-order valence-electron chi connectivity index (χ1n) is 7.92. The number of nitrogens with one attached hydrogen (secondary N) is 1. The van der Waals surface area contributed by atoms with E-state index in [4.69, 9.17) is 0 Å². The van der Waals surface area contributed by atoms with E-state index in [0.717, 1.165) is 18.6 Å². The standard InChI is InChI=1S/C17H16F3N3O3/c1-10-13(14(24)22-16(15(25)26)7-2-8-16)9-21-23(10)12-5-3-11(4-6-12)17(18,19)20/h3-6,9H,2,7-8H2,1H3,(H,22,24)(H,25,26). The molecule has 0 saturated heterocycles. The van der Waals surface area contributed by atoms with Gasteiger partial charge in [-0.25, -0.2) is 9.48 Å². The summed E-state index contributed by atoms with van der Waals surface area (Å²) in [5.41, 5.74) is -1.08. The van der Waals surface area contributed by atoms with Crippen LogP contribution in [0.2, 0.25) is 0 Å². The van der Waals surface area contributed by atoms with Crippen molar-refractivity contribution >= 4 is 11.9 Å². The fourth-order valence-corrected chi connectivity index (χ4v) is 2.89. The number of amides is 1. The van der Waals surface area contributed by atoms with Crippen molar-refractivity contribution in [2.45, 2.75) is 37.9 Å². The lowest BCUT2D eigenvalue weighted by atomic mass is 9.76. The Balaban J connectivity index is 1.84. The number of benzene rings is 1. The van der Waals surface area contributed by atoms with Gasteiger partial charge in [0.25, 0.3) is 5.91 Å². The minimum absolute atomic E-state index is 0.178. The summed E-state index contributed by atoms with van der Waals surface area (Å²) < 4.78 is 39.3.